The smallest absolute Gasteiger partial charge is 0.254 e. The van der Waals surface area contributed by atoms with Gasteiger partial charge in [0.25, 0.3) is 5.91 Å². The second-order valence-electron chi connectivity index (χ2n) is 5.00. The van der Waals surface area contributed by atoms with Gasteiger partial charge in [0.2, 0.25) is 0 Å². The first kappa shape index (κ1) is 13.8. The van der Waals surface area contributed by atoms with E-state index in [1.165, 1.54) is 0 Å². The molecule has 1 fully saturated rings. The summed E-state index contributed by atoms with van der Waals surface area (Å²) in [5.74, 6) is 0.761. The van der Waals surface area contributed by atoms with E-state index in [9.17, 15) is 4.79 Å². The summed E-state index contributed by atoms with van der Waals surface area (Å²) < 4.78 is 5.49. The predicted octanol–water partition coefficient (Wildman–Crippen LogP) is 0.876. The molecular weight excluding hydrogens is 268 g/mol. The van der Waals surface area contributed by atoms with Gasteiger partial charge in [-0.1, -0.05) is 12.1 Å². The van der Waals surface area contributed by atoms with E-state index >= 15 is 0 Å². The lowest BCUT2D eigenvalue weighted by atomic mass is 10.1. The number of nitrogens with zero attached hydrogens (tertiary/aromatic N) is 2. The third-order valence-electron chi connectivity index (χ3n) is 3.57. The van der Waals surface area contributed by atoms with Crippen LogP contribution < -0.4 is 5.73 Å². The van der Waals surface area contributed by atoms with Crippen LogP contribution in [0.2, 0.25) is 0 Å². The molecule has 1 aromatic heterocycles. The number of H-pyrrole nitrogens is 1. The molecule has 0 aliphatic carbocycles. The second kappa shape index (κ2) is 6.07. The van der Waals surface area contributed by atoms with Gasteiger partial charge in [-0.25, -0.2) is 4.98 Å². The van der Waals surface area contributed by atoms with Gasteiger partial charge in [0.05, 0.1) is 12.7 Å². The average Bonchev–Trinajstić information content (AvgIpc) is 3.09. The number of carbonyl (C=O) groups excluding carboxylic acids is 1. The molecule has 6 heteroatoms. The number of imidazole rings is 1. The van der Waals surface area contributed by atoms with E-state index in [1.807, 2.05) is 24.3 Å². The Kier molecular flexibility index (Phi) is 3.98. The zero-order chi connectivity index (χ0) is 14.7. The normalized spacial score (nSPS) is 18.7. The highest BCUT2D eigenvalue weighted by Gasteiger charge is 2.24. The summed E-state index contributed by atoms with van der Waals surface area (Å²) in [6.45, 7) is 2.10. The molecule has 1 aliphatic heterocycles. The Morgan fingerprint density at radius 1 is 1.52 bits per heavy atom. The fourth-order valence-corrected chi connectivity index (χ4v) is 2.45. The van der Waals surface area contributed by atoms with E-state index in [1.54, 1.807) is 17.3 Å². The lowest BCUT2D eigenvalue weighted by molar-refractivity contribution is -0.0167. The predicted molar refractivity (Wildman–Crippen MR) is 78.7 cm³/mol. The highest BCUT2D eigenvalue weighted by molar-refractivity contribution is 5.95. The Bertz CT molecular complexity index is 612. The molecular formula is C15H18N4O2. The number of aromatic amines is 1. The Morgan fingerprint density at radius 2 is 2.43 bits per heavy atom. The van der Waals surface area contributed by atoms with Gasteiger partial charge in [0.1, 0.15) is 5.82 Å². The van der Waals surface area contributed by atoms with Crippen molar-refractivity contribution in [3.05, 3.63) is 42.2 Å². The minimum absolute atomic E-state index is 0.00477. The number of benzene rings is 1. The molecule has 0 unspecified atom stereocenters. The van der Waals surface area contributed by atoms with Gasteiger partial charge in [-0.2, -0.15) is 0 Å². The number of morpholine rings is 1. The third-order valence-corrected chi connectivity index (χ3v) is 3.57. The van der Waals surface area contributed by atoms with Crippen molar-refractivity contribution in [3.63, 3.8) is 0 Å². The standard InChI is InChI=1S/C15H18N4O2/c16-9-13-10-19(6-7-21-13)15(20)12-3-1-2-11(8-12)14-17-4-5-18-14/h1-5,8,13H,6-7,9-10,16H2,(H,17,18)/t13-/m1/s1. The average molecular weight is 286 g/mol. The van der Waals surface area contributed by atoms with Gasteiger partial charge in [-0.15, -0.1) is 0 Å². The van der Waals surface area contributed by atoms with E-state index in [0.29, 0.717) is 31.8 Å². The van der Waals surface area contributed by atoms with Crippen molar-refractivity contribution in [2.24, 2.45) is 5.73 Å². The van der Waals surface area contributed by atoms with E-state index < -0.39 is 0 Å². The molecule has 3 N–H and O–H groups in total. The lowest BCUT2D eigenvalue weighted by Crippen LogP contribution is -2.48. The van der Waals surface area contributed by atoms with Crippen molar-refractivity contribution in [2.75, 3.05) is 26.2 Å². The first-order valence-corrected chi connectivity index (χ1v) is 6.98. The zero-order valence-corrected chi connectivity index (χ0v) is 11.7. The van der Waals surface area contributed by atoms with Crippen molar-refractivity contribution in [2.45, 2.75) is 6.10 Å². The summed E-state index contributed by atoms with van der Waals surface area (Å²) in [6.07, 6.45) is 3.38. The molecule has 0 bridgehead atoms. The van der Waals surface area contributed by atoms with Gasteiger partial charge >= 0.3 is 0 Å². The van der Waals surface area contributed by atoms with Crippen molar-refractivity contribution >= 4 is 5.91 Å². The topological polar surface area (TPSA) is 84.2 Å². The van der Waals surface area contributed by atoms with Crippen LogP contribution in [0.1, 0.15) is 10.4 Å². The second-order valence-corrected chi connectivity index (χ2v) is 5.00. The summed E-state index contributed by atoms with van der Waals surface area (Å²) in [7, 11) is 0. The molecule has 21 heavy (non-hydrogen) atoms. The van der Waals surface area contributed by atoms with Crippen LogP contribution in [0.5, 0.6) is 0 Å². The quantitative estimate of drug-likeness (QED) is 0.877. The van der Waals surface area contributed by atoms with Gasteiger partial charge in [0.15, 0.2) is 0 Å². The van der Waals surface area contributed by atoms with Crippen LogP contribution in [-0.4, -0.2) is 53.1 Å². The van der Waals surface area contributed by atoms with E-state index in [2.05, 4.69) is 9.97 Å². The summed E-state index contributed by atoms with van der Waals surface area (Å²) in [4.78, 5) is 21.6. The summed E-state index contributed by atoms with van der Waals surface area (Å²) in [5, 5.41) is 0. The molecule has 1 aromatic carbocycles. The third kappa shape index (κ3) is 2.96. The van der Waals surface area contributed by atoms with E-state index in [0.717, 1.165) is 11.4 Å². The Labute approximate surface area is 122 Å². The van der Waals surface area contributed by atoms with Crippen LogP contribution in [0.3, 0.4) is 0 Å². The number of nitrogens with two attached hydrogens (primary N) is 1. The number of rotatable bonds is 3. The van der Waals surface area contributed by atoms with Crippen LogP contribution in [0, 0.1) is 0 Å². The Morgan fingerprint density at radius 3 is 3.19 bits per heavy atom. The molecule has 0 radical (unpaired) electrons. The maximum Gasteiger partial charge on any atom is 0.254 e. The molecule has 1 aliphatic rings. The molecule has 1 saturated heterocycles. The summed E-state index contributed by atoms with van der Waals surface area (Å²) in [5.41, 5.74) is 7.17. The van der Waals surface area contributed by atoms with Gasteiger partial charge in [-0.3, -0.25) is 4.79 Å². The van der Waals surface area contributed by atoms with E-state index in [4.69, 9.17) is 10.5 Å². The molecule has 0 saturated carbocycles. The maximum absolute atomic E-state index is 12.6. The fraction of sp³-hybridized carbons (Fsp3) is 0.333. The van der Waals surface area contributed by atoms with Crippen molar-refractivity contribution in [3.8, 4) is 11.4 Å². The Hall–Kier alpha value is -2.18. The molecule has 0 spiro atoms. The summed E-state index contributed by atoms with van der Waals surface area (Å²) in [6, 6.07) is 7.47. The number of ether oxygens (including phenoxy) is 1. The maximum atomic E-state index is 12.6. The minimum atomic E-state index is -0.0732. The van der Waals surface area contributed by atoms with Gasteiger partial charge in [-0.05, 0) is 12.1 Å². The fourth-order valence-electron chi connectivity index (χ4n) is 2.45. The number of aromatic nitrogens is 2. The lowest BCUT2D eigenvalue weighted by Gasteiger charge is -2.32. The van der Waals surface area contributed by atoms with Crippen LogP contribution in [-0.2, 0) is 4.74 Å². The number of hydrogen-bond donors (Lipinski definition) is 2. The highest BCUT2D eigenvalue weighted by Crippen LogP contribution is 2.18. The molecule has 2 heterocycles. The molecule has 3 rings (SSSR count). The van der Waals surface area contributed by atoms with E-state index in [-0.39, 0.29) is 12.0 Å². The molecule has 1 amide bonds. The number of amides is 1. The van der Waals surface area contributed by atoms with Crippen LogP contribution >= 0.6 is 0 Å². The Balaban J connectivity index is 1.80. The first-order chi connectivity index (χ1) is 10.3. The van der Waals surface area contributed by atoms with Crippen molar-refractivity contribution in [1.29, 1.82) is 0 Å². The zero-order valence-electron chi connectivity index (χ0n) is 11.7. The van der Waals surface area contributed by atoms with Gasteiger partial charge in [0, 0.05) is 43.2 Å². The highest BCUT2D eigenvalue weighted by atomic mass is 16.5. The number of nitrogens with one attached hydrogen (secondary N) is 1. The SMILES string of the molecule is NC[C@@H]1CN(C(=O)c2cccc(-c3ncc[nH]3)c2)CCO1. The number of hydrogen-bond acceptors (Lipinski definition) is 4. The molecule has 110 valence electrons. The molecule has 6 nitrogen and oxygen atoms in total. The van der Waals surface area contributed by atoms with Crippen LogP contribution in [0.25, 0.3) is 11.4 Å². The van der Waals surface area contributed by atoms with Gasteiger partial charge < -0.3 is 20.4 Å². The monoisotopic (exact) mass is 286 g/mol. The minimum Gasteiger partial charge on any atom is -0.373 e. The van der Waals surface area contributed by atoms with Crippen LogP contribution in [0.15, 0.2) is 36.7 Å². The number of carbonyl (C=O) groups is 1. The first-order valence-electron chi connectivity index (χ1n) is 6.98. The summed E-state index contributed by atoms with van der Waals surface area (Å²) >= 11 is 0. The molecule has 2 aromatic rings. The van der Waals surface area contributed by atoms with Crippen molar-refractivity contribution in [1.82, 2.24) is 14.9 Å². The van der Waals surface area contributed by atoms with Crippen molar-refractivity contribution < 1.29 is 9.53 Å². The molecule has 1 atom stereocenters. The largest absolute Gasteiger partial charge is 0.373 e. The van der Waals surface area contributed by atoms with Crippen LogP contribution in [0.4, 0.5) is 0 Å².